The Morgan fingerprint density at radius 2 is 0.905 bits per heavy atom. The molecule has 0 unspecified atom stereocenters. The number of amides is 2. The van der Waals surface area contributed by atoms with Crippen molar-refractivity contribution < 1.29 is 36.6 Å². The lowest BCUT2D eigenvalue weighted by molar-refractivity contribution is 0.0972. The highest BCUT2D eigenvalue weighted by Crippen LogP contribution is 2.33. The third-order valence-electron chi connectivity index (χ3n) is 5.40. The quantitative estimate of drug-likeness (QED) is 0.190. The summed E-state index contributed by atoms with van der Waals surface area (Å²) in [6, 6.07) is 16.6. The number of hydrogen-bond acceptors (Lipinski definition) is 10. The van der Waals surface area contributed by atoms with E-state index in [2.05, 4.69) is 10.2 Å². The number of phenolic OH excluding ortho intramolecular Hbond substituents is 2. The molecule has 0 aliphatic carbocycles. The van der Waals surface area contributed by atoms with Crippen LogP contribution >= 0.6 is 23.2 Å². The molecule has 0 atom stereocenters. The summed E-state index contributed by atoms with van der Waals surface area (Å²) in [4.78, 5) is 24.0. The van der Waals surface area contributed by atoms with Crippen LogP contribution in [0.2, 0.25) is 10.0 Å². The summed E-state index contributed by atoms with van der Waals surface area (Å²) in [6.45, 7) is 0. The average molecular weight is 649 g/mol. The molecule has 0 radical (unpaired) electrons. The van der Waals surface area contributed by atoms with Crippen LogP contribution in [0.4, 0.5) is 11.4 Å². The zero-order valence-corrected chi connectivity index (χ0v) is 24.0. The van der Waals surface area contributed by atoms with Gasteiger partial charge in [-0.05, 0) is 84.9 Å². The van der Waals surface area contributed by atoms with Crippen LogP contribution in [0.5, 0.6) is 11.5 Å². The number of nitrogens with zero attached hydrogens (tertiary/aromatic N) is 2. The van der Waals surface area contributed by atoms with Gasteiger partial charge in [0.05, 0.1) is 0 Å². The van der Waals surface area contributed by atoms with Crippen LogP contribution in [0.3, 0.4) is 0 Å². The first-order valence-electron chi connectivity index (χ1n) is 11.5. The van der Waals surface area contributed by atoms with E-state index in [4.69, 9.17) is 23.2 Å². The number of azo groups is 1. The summed E-state index contributed by atoms with van der Waals surface area (Å²) in [6.07, 6.45) is 0. The minimum absolute atomic E-state index is 0.0156. The Morgan fingerprint density at radius 1 is 0.571 bits per heavy atom. The predicted octanol–water partition coefficient (Wildman–Crippen LogP) is 5.06. The highest BCUT2D eigenvalue weighted by atomic mass is 35.5. The van der Waals surface area contributed by atoms with Gasteiger partial charge in [-0.1, -0.05) is 23.2 Å². The van der Waals surface area contributed by atoms with Gasteiger partial charge in [-0.25, -0.2) is 26.3 Å². The summed E-state index contributed by atoms with van der Waals surface area (Å²) in [7, 11) is -9.17. The zero-order chi connectivity index (χ0) is 30.7. The molecule has 0 aliphatic heterocycles. The molecular weight excluding hydrogens is 631 g/mol. The Hall–Kier alpha value is -4.50. The van der Waals surface area contributed by atoms with Gasteiger partial charge in [0, 0.05) is 21.2 Å². The minimum Gasteiger partial charge on any atom is -0.508 e. The third-order valence-corrected chi connectivity index (χ3v) is 8.59. The number of phenols is 2. The van der Waals surface area contributed by atoms with E-state index < -0.39 is 41.7 Å². The van der Waals surface area contributed by atoms with Crippen molar-refractivity contribution in [2.75, 3.05) is 0 Å². The number of nitrogens with one attached hydrogen (secondary N) is 2. The molecule has 0 heterocycles. The highest BCUT2D eigenvalue weighted by molar-refractivity contribution is 7.90. The number of sulfonamides is 2. The summed E-state index contributed by atoms with van der Waals surface area (Å²) < 4.78 is 56.1. The second-order valence-corrected chi connectivity index (χ2v) is 12.6. The van der Waals surface area contributed by atoms with E-state index in [1.165, 1.54) is 72.8 Å². The van der Waals surface area contributed by atoms with Gasteiger partial charge >= 0.3 is 0 Å². The van der Waals surface area contributed by atoms with Crippen molar-refractivity contribution in [1.82, 2.24) is 9.44 Å². The fraction of sp³-hybridized carbons (Fsp3) is 0. The summed E-state index contributed by atoms with van der Waals surface area (Å²) in [5, 5.41) is 26.5. The second kappa shape index (κ2) is 12.2. The van der Waals surface area contributed by atoms with Crippen molar-refractivity contribution >= 4 is 66.4 Å². The Bertz CT molecular complexity index is 1790. The van der Waals surface area contributed by atoms with Gasteiger partial charge in [0.15, 0.2) is 0 Å². The first-order valence-corrected chi connectivity index (χ1v) is 15.2. The summed E-state index contributed by atoms with van der Waals surface area (Å²) in [5.41, 5.74) is -0.743. The van der Waals surface area contributed by atoms with E-state index in [0.717, 1.165) is 12.1 Å². The van der Waals surface area contributed by atoms with Crippen LogP contribution in [0.1, 0.15) is 20.7 Å². The average Bonchev–Trinajstić information content (AvgIpc) is 2.93. The molecule has 0 saturated carbocycles. The molecule has 4 aromatic carbocycles. The van der Waals surface area contributed by atoms with Crippen LogP contribution in [0.25, 0.3) is 0 Å². The molecule has 4 aromatic rings. The standard InChI is InChI=1S/C26H18Cl2N4O8S2/c27-17-5-11-21(23(13-17)41(37,38)31-25(35)15-1-7-19(33)8-2-15)29-30-22-12-6-18(28)14-24(22)42(39,40)32-26(36)16-3-9-20(34)10-4-16/h1-14,33-34H,(H,31,35)(H,32,36). The van der Waals surface area contributed by atoms with Crippen molar-refractivity contribution in [2.45, 2.75) is 9.79 Å². The molecule has 0 bridgehead atoms. The normalized spacial score (nSPS) is 11.8. The van der Waals surface area contributed by atoms with E-state index in [9.17, 15) is 36.6 Å². The Kier molecular flexibility index (Phi) is 8.82. The van der Waals surface area contributed by atoms with Crippen LogP contribution in [-0.4, -0.2) is 38.9 Å². The fourth-order valence-electron chi connectivity index (χ4n) is 3.38. The number of hydrogen-bond donors (Lipinski definition) is 4. The van der Waals surface area contributed by atoms with E-state index >= 15 is 0 Å². The molecular formula is C26H18Cl2N4O8S2. The molecule has 4 N–H and O–H groups in total. The number of carbonyl (C=O) groups is 2. The second-order valence-electron chi connectivity index (χ2n) is 8.39. The molecule has 216 valence electrons. The van der Waals surface area contributed by atoms with Crippen molar-refractivity contribution in [3.63, 3.8) is 0 Å². The van der Waals surface area contributed by atoms with Crippen molar-refractivity contribution in [2.24, 2.45) is 10.2 Å². The Morgan fingerprint density at radius 3 is 1.24 bits per heavy atom. The molecule has 0 saturated heterocycles. The lowest BCUT2D eigenvalue weighted by atomic mass is 10.2. The van der Waals surface area contributed by atoms with Crippen LogP contribution < -0.4 is 9.44 Å². The lowest BCUT2D eigenvalue weighted by Gasteiger charge is -2.11. The van der Waals surface area contributed by atoms with Gasteiger partial charge < -0.3 is 10.2 Å². The number of rotatable bonds is 8. The molecule has 0 fully saturated rings. The van der Waals surface area contributed by atoms with Crippen molar-refractivity contribution in [3.8, 4) is 11.5 Å². The van der Waals surface area contributed by atoms with Gasteiger partial charge in [0.25, 0.3) is 31.9 Å². The molecule has 16 heteroatoms. The molecule has 4 rings (SSSR count). The lowest BCUT2D eigenvalue weighted by Crippen LogP contribution is -2.30. The number of benzene rings is 4. The van der Waals surface area contributed by atoms with Crippen LogP contribution in [0, 0.1) is 0 Å². The highest BCUT2D eigenvalue weighted by Gasteiger charge is 2.25. The largest absolute Gasteiger partial charge is 0.508 e. The van der Waals surface area contributed by atoms with E-state index in [-0.39, 0.29) is 44.0 Å². The molecule has 2 amide bonds. The van der Waals surface area contributed by atoms with Crippen LogP contribution in [0.15, 0.2) is 105 Å². The monoisotopic (exact) mass is 648 g/mol. The first-order chi connectivity index (χ1) is 19.7. The summed E-state index contributed by atoms with van der Waals surface area (Å²) >= 11 is 12.0. The van der Waals surface area contributed by atoms with Crippen LogP contribution in [-0.2, 0) is 20.0 Å². The molecule has 42 heavy (non-hydrogen) atoms. The zero-order valence-electron chi connectivity index (χ0n) is 20.9. The van der Waals surface area contributed by atoms with Gasteiger partial charge in [0.2, 0.25) is 0 Å². The molecule has 0 aromatic heterocycles. The van der Waals surface area contributed by atoms with Crippen molar-refractivity contribution in [3.05, 3.63) is 106 Å². The van der Waals surface area contributed by atoms with Gasteiger partial charge in [-0.3, -0.25) is 9.59 Å². The number of carbonyl (C=O) groups excluding carboxylic acids is 2. The predicted molar refractivity (Wildman–Crippen MR) is 153 cm³/mol. The van der Waals surface area contributed by atoms with Gasteiger partial charge in [-0.15, -0.1) is 10.2 Å². The van der Waals surface area contributed by atoms with Crippen molar-refractivity contribution in [1.29, 1.82) is 0 Å². The van der Waals surface area contributed by atoms with E-state index in [0.29, 0.717) is 0 Å². The SMILES string of the molecule is O=C(NS(=O)(=O)c1cc(Cl)ccc1N=Nc1ccc(Cl)cc1S(=O)(=O)NC(=O)c1ccc(O)cc1)c1ccc(O)cc1. The Labute approximate surface area is 249 Å². The maximum absolute atomic E-state index is 13.1. The maximum Gasteiger partial charge on any atom is 0.266 e. The summed E-state index contributed by atoms with van der Waals surface area (Å²) in [5.74, 6) is -2.27. The smallest absolute Gasteiger partial charge is 0.266 e. The fourth-order valence-corrected chi connectivity index (χ4v) is 6.13. The molecule has 0 aliphatic rings. The minimum atomic E-state index is -4.58. The first kappa shape index (κ1) is 30.5. The van der Waals surface area contributed by atoms with Gasteiger partial charge in [-0.2, -0.15) is 0 Å². The molecule has 12 nitrogen and oxygen atoms in total. The maximum atomic E-state index is 13.1. The topological polar surface area (TPSA) is 192 Å². The van der Waals surface area contributed by atoms with Gasteiger partial charge in [0.1, 0.15) is 32.7 Å². The third kappa shape index (κ3) is 7.22. The number of aromatic hydroxyl groups is 2. The number of halogens is 2. The van der Waals surface area contributed by atoms with E-state index in [1.807, 2.05) is 9.44 Å². The molecule has 0 spiro atoms. The Balaban J connectivity index is 1.67. The van der Waals surface area contributed by atoms with E-state index in [1.54, 1.807) is 0 Å².